The highest BCUT2D eigenvalue weighted by molar-refractivity contribution is 5.88. The molecular weight excluding hydrogens is 386 g/mol. The first kappa shape index (κ1) is 18.1. The van der Waals surface area contributed by atoms with Crippen LogP contribution >= 0.6 is 0 Å². The molecule has 1 aliphatic rings. The number of rotatable bonds is 4. The van der Waals surface area contributed by atoms with E-state index in [1.807, 2.05) is 53.4 Å². The fourth-order valence-corrected chi connectivity index (χ4v) is 4.45. The predicted molar refractivity (Wildman–Crippen MR) is 121 cm³/mol. The molecule has 0 aliphatic heterocycles. The molecule has 6 rings (SSSR count). The molecule has 0 amide bonds. The standard InChI is InChI=1S/C25H23N5O/c1-3-7-17(8-4-1)22-12-11-18(15-27-22)21-16-28-30-23-20(13-14-26-23)25(29-24(21)30)31-19-9-5-2-6-10-19/h1,3-4,7-8,11-16,19,26H,2,5-6,9-10H2. The Kier molecular flexibility index (Phi) is 4.41. The van der Waals surface area contributed by atoms with Gasteiger partial charge in [-0.2, -0.15) is 14.6 Å². The number of benzene rings is 1. The average Bonchev–Trinajstić information content (AvgIpc) is 3.48. The lowest BCUT2D eigenvalue weighted by atomic mass is 9.98. The van der Waals surface area contributed by atoms with Crippen molar-refractivity contribution in [3.05, 3.63) is 67.1 Å². The maximum atomic E-state index is 6.38. The van der Waals surface area contributed by atoms with Crippen LogP contribution in [-0.4, -0.2) is 30.7 Å². The Bertz CT molecular complexity index is 1330. The number of H-pyrrole nitrogens is 1. The molecule has 1 aliphatic carbocycles. The summed E-state index contributed by atoms with van der Waals surface area (Å²) in [5.74, 6) is 0.686. The number of fused-ring (bicyclic) bond motifs is 3. The second-order valence-corrected chi connectivity index (χ2v) is 8.13. The Hall–Kier alpha value is -3.67. The van der Waals surface area contributed by atoms with Crippen LogP contribution in [0.1, 0.15) is 32.1 Å². The first-order valence-electron chi connectivity index (χ1n) is 10.9. The zero-order valence-corrected chi connectivity index (χ0v) is 17.2. The van der Waals surface area contributed by atoms with Gasteiger partial charge in [-0.05, 0) is 37.8 Å². The highest BCUT2D eigenvalue weighted by Gasteiger charge is 2.20. The third-order valence-corrected chi connectivity index (χ3v) is 6.09. The number of aromatic amines is 1. The summed E-state index contributed by atoms with van der Waals surface area (Å²) >= 11 is 0. The topological polar surface area (TPSA) is 68.1 Å². The number of ether oxygens (including phenoxy) is 1. The maximum Gasteiger partial charge on any atom is 0.226 e. The van der Waals surface area contributed by atoms with Gasteiger partial charge in [0.25, 0.3) is 0 Å². The molecule has 1 fully saturated rings. The van der Waals surface area contributed by atoms with Crippen molar-refractivity contribution >= 4 is 16.7 Å². The summed E-state index contributed by atoms with van der Waals surface area (Å²) in [5, 5.41) is 5.57. The quantitative estimate of drug-likeness (QED) is 0.416. The summed E-state index contributed by atoms with van der Waals surface area (Å²) in [4.78, 5) is 12.9. The first-order valence-corrected chi connectivity index (χ1v) is 10.9. The first-order chi connectivity index (χ1) is 15.4. The van der Waals surface area contributed by atoms with Gasteiger partial charge in [0.1, 0.15) is 11.8 Å². The van der Waals surface area contributed by atoms with Crippen LogP contribution in [0.25, 0.3) is 39.1 Å². The van der Waals surface area contributed by atoms with E-state index in [0.29, 0.717) is 5.88 Å². The van der Waals surface area contributed by atoms with Crippen molar-refractivity contribution < 1.29 is 4.74 Å². The molecule has 0 radical (unpaired) electrons. The van der Waals surface area contributed by atoms with Gasteiger partial charge in [0.05, 0.1) is 17.3 Å². The summed E-state index contributed by atoms with van der Waals surface area (Å²) in [6.07, 6.45) is 11.8. The number of aromatic nitrogens is 5. The molecule has 1 saturated carbocycles. The van der Waals surface area contributed by atoms with Crippen molar-refractivity contribution in [2.75, 3.05) is 0 Å². The van der Waals surface area contributed by atoms with Crippen LogP contribution in [0.15, 0.2) is 67.1 Å². The monoisotopic (exact) mass is 409 g/mol. The smallest absolute Gasteiger partial charge is 0.226 e. The van der Waals surface area contributed by atoms with Crippen molar-refractivity contribution in [3.8, 4) is 28.3 Å². The van der Waals surface area contributed by atoms with Crippen LogP contribution in [0, 0.1) is 0 Å². The number of nitrogens with one attached hydrogen (secondary N) is 1. The van der Waals surface area contributed by atoms with Crippen LogP contribution in [0.5, 0.6) is 5.88 Å². The van der Waals surface area contributed by atoms with Gasteiger partial charge in [0.2, 0.25) is 5.88 Å². The zero-order valence-electron chi connectivity index (χ0n) is 17.2. The molecule has 1 aromatic carbocycles. The van der Waals surface area contributed by atoms with Crippen molar-refractivity contribution in [3.63, 3.8) is 0 Å². The van der Waals surface area contributed by atoms with Gasteiger partial charge in [-0.25, -0.2) is 0 Å². The Labute approximate surface area is 179 Å². The number of pyridine rings is 1. The van der Waals surface area contributed by atoms with Crippen molar-refractivity contribution in [2.45, 2.75) is 38.2 Å². The molecule has 4 heterocycles. The number of nitrogens with zero attached hydrogens (tertiary/aromatic N) is 4. The Balaban J connectivity index is 1.42. The van der Waals surface area contributed by atoms with Gasteiger partial charge in [0.15, 0.2) is 5.65 Å². The van der Waals surface area contributed by atoms with Crippen LogP contribution in [0.3, 0.4) is 0 Å². The Morgan fingerprint density at radius 3 is 2.58 bits per heavy atom. The zero-order chi connectivity index (χ0) is 20.6. The SMILES string of the molecule is c1ccc(-c2ccc(-c3cnn4c3nc(OC3CCCCC3)c3cc[nH]c34)cn2)cc1. The van der Waals surface area contributed by atoms with Crippen LogP contribution in [-0.2, 0) is 0 Å². The lowest BCUT2D eigenvalue weighted by Crippen LogP contribution is -2.20. The molecule has 154 valence electrons. The van der Waals surface area contributed by atoms with Gasteiger partial charge in [-0.3, -0.25) is 4.98 Å². The minimum Gasteiger partial charge on any atom is -0.474 e. The van der Waals surface area contributed by atoms with E-state index in [0.717, 1.165) is 51.9 Å². The maximum absolute atomic E-state index is 6.38. The lowest BCUT2D eigenvalue weighted by Gasteiger charge is -2.22. The molecule has 4 aromatic heterocycles. The van der Waals surface area contributed by atoms with E-state index in [1.165, 1.54) is 19.3 Å². The molecule has 0 unspecified atom stereocenters. The van der Waals surface area contributed by atoms with E-state index in [1.54, 1.807) is 0 Å². The van der Waals surface area contributed by atoms with E-state index in [2.05, 4.69) is 33.3 Å². The van der Waals surface area contributed by atoms with E-state index in [-0.39, 0.29) is 6.10 Å². The summed E-state index contributed by atoms with van der Waals surface area (Å²) in [6.45, 7) is 0. The van der Waals surface area contributed by atoms with Crippen LogP contribution in [0.4, 0.5) is 0 Å². The molecule has 1 N–H and O–H groups in total. The van der Waals surface area contributed by atoms with Gasteiger partial charge in [-0.1, -0.05) is 42.8 Å². The lowest BCUT2D eigenvalue weighted by molar-refractivity contribution is 0.151. The number of hydrogen-bond donors (Lipinski definition) is 1. The predicted octanol–water partition coefficient (Wildman–Crippen LogP) is 5.65. The molecule has 5 aromatic rings. The third kappa shape index (κ3) is 3.24. The van der Waals surface area contributed by atoms with E-state index < -0.39 is 0 Å². The average molecular weight is 409 g/mol. The van der Waals surface area contributed by atoms with Crippen molar-refractivity contribution in [1.82, 2.24) is 24.6 Å². The van der Waals surface area contributed by atoms with Gasteiger partial charge in [-0.15, -0.1) is 0 Å². The minimum atomic E-state index is 0.236. The second kappa shape index (κ2) is 7.54. The summed E-state index contributed by atoms with van der Waals surface area (Å²) in [7, 11) is 0. The Morgan fingerprint density at radius 1 is 0.903 bits per heavy atom. The molecule has 0 saturated heterocycles. The van der Waals surface area contributed by atoms with E-state index in [9.17, 15) is 0 Å². The van der Waals surface area contributed by atoms with E-state index in [4.69, 9.17) is 9.72 Å². The molecular formula is C25H23N5O. The molecule has 0 spiro atoms. The van der Waals surface area contributed by atoms with Crippen LogP contribution in [0.2, 0.25) is 0 Å². The van der Waals surface area contributed by atoms with Gasteiger partial charge in [0, 0.05) is 29.1 Å². The fourth-order valence-electron chi connectivity index (χ4n) is 4.45. The van der Waals surface area contributed by atoms with Gasteiger partial charge >= 0.3 is 0 Å². The highest BCUT2D eigenvalue weighted by Crippen LogP contribution is 2.32. The van der Waals surface area contributed by atoms with Crippen molar-refractivity contribution in [1.29, 1.82) is 0 Å². The minimum absolute atomic E-state index is 0.236. The summed E-state index contributed by atoms with van der Waals surface area (Å²) in [5.41, 5.74) is 5.64. The number of hydrogen-bond acceptors (Lipinski definition) is 4. The fraction of sp³-hybridized carbons (Fsp3) is 0.240. The normalized spacial score (nSPS) is 15.0. The molecule has 0 atom stereocenters. The summed E-state index contributed by atoms with van der Waals surface area (Å²) < 4.78 is 8.24. The Morgan fingerprint density at radius 2 is 1.77 bits per heavy atom. The third-order valence-electron chi connectivity index (χ3n) is 6.09. The molecule has 6 heteroatoms. The summed E-state index contributed by atoms with van der Waals surface area (Å²) in [6, 6.07) is 16.3. The molecule has 31 heavy (non-hydrogen) atoms. The largest absolute Gasteiger partial charge is 0.474 e. The second-order valence-electron chi connectivity index (χ2n) is 8.13. The highest BCUT2D eigenvalue weighted by atomic mass is 16.5. The van der Waals surface area contributed by atoms with E-state index >= 15 is 0 Å². The molecule has 6 nitrogen and oxygen atoms in total. The van der Waals surface area contributed by atoms with Crippen molar-refractivity contribution in [2.24, 2.45) is 0 Å². The van der Waals surface area contributed by atoms with Gasteiger partial charge < -0.3 is 9.72 Å². The van der Waals surface area contributed by atoms with Crippen LogP contribution < -0.4 is 4.74 Å². The molecule has 0 bridgehead atoms.